The maximum atomic E-state index is 13.6. The van der Waals surface area contributed by atoms with Crippen LogP contribution in [0.15, 0.2) is 35.2 Å². The van der Waals surface area contributed by atoms with Gasteiger partial charge in [-0.3, -0.25) is 4.79 Å². The lowest BCUT2D eigenvalue weighted by Gasteiger charge is -2.20. The molecule has 0 unspecified atom stereocenters. The van der Waals surface area contributed by atoms with Crippen LogP contribution in [-0.2, 0) is 26.6 Å². The summed E-state index contributed by atoms with van der Waals surface area (Å²) in [5.74, 6) is -0.589. The third-order valence-corrected chi connectivity index (χ3v) is 6.16. The van der Waals surface area contributed by atoms with Crippen molar-refractivity contribution >= 4 is 40.3 Å². The number of nitrogens with one attached hydrogen (secondary N) is 1. The van der Waals surface area contributed by atoms with Crippen LogP contribution in [-0.4, -0.2) is 50.9 Å². The van der Waals surface area contributed by atoms with Crippen molar-refractivity contribution in [2.45, 2.75) is 12.4 Å². The summed E-state index contributed by atoms with van der Waals surface area (Å²) in [6.45, 7) is 0.119. The van der Waals surface area contributed by atoms with Gasteiger partial charge >= 0.3 is 12.4 Å². The van der Waals surface area contributed by atoms with E-state index in [-0.39, 0.29) is 64.3 Å². The molecule has 1 saturated heterocycles. The molecule has 0 saturated carbocycles. The number of hydrogen-bond donors (Lipinski definition) is 1. The van der Waals surface area contributed by atoms with Gasteiger partial charge in [0.1, 0.15) is 17.5 Å². The number of alkyl halides is 6. The first-order valence-electron chi connectivity index (χ1n) is 10.8. The van der Waals surface area contributed by atoms with E-state index in [1.807, 2.05) is 0 Å². The van der Waals surface area contributed by atoms with Gasteiger partial charge in [-0.15, -0.1) is 0 Å². The standard InChI is InChI=1S/C24H21F6NO5S2/c1-33-3-5-35-18-8-13(9-19-21(32)31-22(37)38-19)7-17(20(18)36-6-4-34-2)14-10-15(23(25,26)27)12-16(11-14)24(28,29)30/h7-12H,3-6H2,1-2H3,(H,31,32,37)/b19-9-. The highest BCUT2D eigenvalue weighted by molar-refractivity contribution is 8.26. The van der Waals surface area contributed by atoms with Crippen LogP contribution in [0.25, 0.3) is 17.2 Å². The van der Waals surface area contributed by atoms with Gasteiger partial charge in [0, 0.05) is 19.8 Å². The minimum Gasteiger partial charge on any atom is -0.487 e. The highest BCUT2D eigenvalue weighted by atomic mass is 32.2. The molecule has 1 N–H and O–H groups in total. The van der Waals surface area contributed by atoms with Gasteiger partial charge in [0.25, 0.3) is 5.91 Å². The third kappa shape index (κ3) is 7.62. The second-order valence-corrected chi connectivity index (χ2v) is 9.44. The van der Waals surface area contributed by atoms with Gasteiger partial charge in [-0.25, -0.2) is 0 Å². The summed E-state index contributed by atoms with van der Waals surface area (Å²) in [6.07, 6.45) is -8.72. The minimum atomic E-state index is -5.06. The van der Waals surface area contributed by atoms with E-state index >= 15 is 0 Å². The number of methoxy groups -OCH3 is 2. The van der Waals surface area contributed by atoms with Crippen LogP contribution in [0, 0.1) is 0 Å². The molecule has 1 fully saturated rings. The molecule has 1 aliphatic heterocycles. The van der Waals surface area contributed by atoms with E-state index in [2.05, 4.69) is 5.32 Å². The van der Waals surface area contributed by atoms with Crippen LogP contribution in [0.5, 0.6) is 11.5 Å². The van der Waals surface area contributed by atoms with Gasteiger partial charge in [-0.2, -0.15) is 26.3 Å². The third-order valence-electron chi connectivity index (χ3n) is 4.99. The molecule has 0 bridgehead atoms. The van der Waals surface area contributed by atoms with Crippen molar-refractivity contribution in [3.8, 4) is 22.6 Å². The number of halogens is 6. The average molecular weight is 582 g/mol. The fraction of sp³-hybridized carbons (Fsp3) is 0.333. The van der Waals surface area contributed by atoms with Crippen LogP contribution < -0.4 is 14.8 Å². The van der Waals surface area contributed by atoms with Gasteiger partial charge in [-0.1, -0.05) is 24.0 Å². The molecule has 0 aromatic heterocycles. The van der Waals surface area contributed by atoms with Crippen molar-refractivity contribution in [1.82, 2.24) is 5.32 Å². The zero-order chi connectivity index (χ0) is 28.1. The Hall–Kier alpha value is -2.81. The second-order valence-electron chi connectivity index (χ2n) is 7.73. The monoisotopic (exact) mass is 581 g/mol. The van der Waals surface area contributed by atoms with E-state index in [0.29, 0.717) is 12.1 Å². The van der Waals surface area contributed by atoms with Gasteiger partial charge in [0.2, 0.25) is 0 Å². The number of hydrogen-bond acceptors (Lipinski definition) is 7. The molecule has 3 rings (SSSR count). The first-order chi connectivity index (χ1) is 17.8. The summed E-state index contributed by atoms with van der Waals surface area (Å²) in [5.41, 5.74) is -3.28. The molecule has 38 heavy (non-hydrogen) atoms. The van der Waals surface area contributed by atoms with E-state index in [1.165, 1.54) is 32.4 Å². The van der Waals surface area contributed by atoms with Crippen molar-refractivity contribution in [2.24, 2.45) is 0 Å². The summed E-state index contributed by atoms with van der Waals surface area (Å²) in [4.78, 5) is 12.3. The predicted octanol–water partition coefficient (Wildman–Crippen LogP) is 5.93. The Morgan fingerprint density at radius 3 is 1.95 bits per heavy atom. The molecule has 6 nitrogen and oxygen atoms in total. The van der Waals surface area contributed by atoms with Crippen LogP contribution in [0.4, 0.5) is 26.3 Å². The molecule has 1 heterocycles. The molecule has 206 valence electrons. The molecular formula is C24H21F6NO5S2. The number of amides is 1. The lowest BCUT2D eigenvalue weighted by atomic mass is 9.96. The van der Waals surface area contributed by atoms with E-state index < -0.39 is 35.0 Å². The smallest absolute Gasteiger partial charge is 0.416 e. The summed E-state index contributed by atoms with van der Waals surface area (Å²) >= 11 is 5.93. The number of carbonyl (C=O) groups excluding carboxylic acids is 1. The molecule has 0 radical (unpaired) electrons. The lowest BCUT2D eigenvalue weighted by Crippen LogP contribution is -2.17. The molecule has 1 aliphatic rings. The first-order valence-corrected chi connectivity index (χ1v) is 12.0. The van der Waals surface area contributed by atoms with E-state index in [4.69, 9.17) is 31.2 Å². The molecule has 2 aromatic rings. The maximum Gasteiger partial charge on any atom is 0.416 e. The summed E-state index contributed by atoms with van der Waals surface area (Å²) in [7, 11) is 2.82. The zero-order valence-corrected chi connectivity index (χ0v) is 21.6. The van der Waals surface area contributed by atoms with Gasteiger partial charge in [0.05, 0.1) is 29.2 Å². The maximum absolute atomic E-state index is 13.6. The molecule has 0 atom stereocenters. The second kappa shape index (κ2) is 12.4. The highest BCUT2D eigenvalue weighted by Crippen LogP contribution is 2.44. The van der Waals surface area contributed by atoms with Crippen LogP contribution in [0.1, 0.15) is 16.7 Å². The van der Waals surface area contributed by atoms with Crippen LogP contribution >= 0.6 is 24.0 Å². The van der Waals surface area contributed by atoms with Gasteiger partial charge in [0.15, 0.2) is 11.5 Å². The fourth-order valence-electron chi connectivity index (χ4n) is 3.32. The van der Waals surface area contributed by atoms with Crippen LogP contribution in [0.3, 0.4) is 0 Å². The number of thiocarbonyl (C=S) groups is 1. The quantitative estimate of drug-likeness (QED) is 0.162. The summed E-state index contributed by atoms with van der Waals surface area (Å²) in [6, 6.07) is 3.98. The molecule has 0 spiro atoms. The fourth-order valence-corrected chi connectivity index (χ4v) is 4.37. The Bertz CT molecular complexity index is 1200. The molecule has 14 heteroatoms. The molecule has 0 aliphatic carbocycles. The minimum absolute atomic E-state index is 0.00762. The summed E-state index contributed by atoms with van der Waals surface area (Å²) < 4.78 is 103. The normalized spacial score (nSPS) is 15.2. The van der Waals surface area contributed by atoms with E-state index in [9.17, 15) is 31.1 Å². The van der Waals surface area contributed by atoms with Gasteiger partial charge < -0.3 is 24.3 Å². The average Bonchev–Trinajstić information content (AvgIpc) is 3.15. The van der Waals surface area contributed by atoms with E-state index in [1.54, 1.807) is 0 Å². The Morgan fingerprint density at radius 1 is 0.868 bits per heavy atom. The number of thioether (sulfide) groups is 1. The first kappa shape index (κ1) is 29.7. The van der Waals surface area contributed by atoms with Crippen molar-refractivity contribution < 1.29 is 50.1 Å². The van der Waals surface area contributed by atoms with Crippen LogP contribution in [0.2, 0.25) is 0 Å². The zero-order valence-electron chi connectivity index (χ0n) is 19.9. The van der Waals surface area contributed by atoms with Crippen molar-refractivity contribution in [3.05, 3.63) is 51.9 Å². The largest absolute Gasteiger partial charge is 0.487 e. The number of carbonyl (C=O) groups is 1. The molecule has 1 amide bonds. The number of ether oxygens (including phenoxy) is 4. The highest BCUT2D eigenvalue weighted by Gasteiger charge is 2.37. The predicted molar refractivity (Wildman–Crippen MR) is 133 cm³/mol. The Labute approximate surface area is 223 Å². The Kier molecular flexibility index (Phi) is 9.68. The van der Waals surface area contributed by atoms with Crippen molar-refractivity contribution in [1.29, 1.82) is 0 Å². The Morgan fingerprint density at radius 2 is 1.45 bits per heavy atom. The van der Waals surface area contributed by atoms with Gasteiger partial charge in [-0.05, 0) is 47.5 Å². The van der Waals surface area contributed by atoms with Crippen molar-refractivity contribution in [3.63, 3.8) is 0 Å². The number of rotatable bonds is 10. The number of benzene rings is 2. The SMILES string of the molecule is COCCOc1cc(/C=C2\SC(=S)NC2=O)cc(-c2cc(C(F)(F)F)cc(C(F)(F)F)c2)c1OCCOC. The van der Waals surface area contributed by atoms with E-state index in [0.717, 1.165) is 11.8 Å². The molecule has 2 aromatic carbocycles. The Balaban J connectivity index is 2.29. The lowest BCUT2D eigenvalue weighted by molar-refractivity contribution is -0.143. The topological polar surface area (TPSA) is 66.0 Å². The van der Waals surface area contributed by atoms with Crippen molar-refractivity contribution in [2.75, 3.05) is 40.6 Å². The molecular weight excluding hydrogens is 560 g/mol. The summed E-state index contributed by atoms with van der Waals surface area (Å²) in [5, 5.41) is 2.43.